The van der Waals surface area contributed by atoms with Gasteiger partial charge in [-0.25, -0.2) is 8.78 Å². The lowest BCUT2D eigenvalue weighted by Crippen LogP contribution is -2.52. The van der Waals surface area contributed by atoms with Crippen molar-refractivity contribution < 1.29 is 47.1 Å². The highest BCUT2D eigenvalue weighted by atomic mass is 19.1. The van der Waals surface area contributed by atoms with Gasteiger partial charge >= 0.3 is 0 Å². The van der Waals surface area contributed by atoms with E-state index >= 15 is 0 Å². The fourth-order valence-corrected chi connectivity index (χ4v) is 17.9. The molecule has 4 N–H and O–H groups in total. The highest BCUT2D eigenvalue weighted by molar-refractivity contribution is 6.06. The molecule has 4 amide bonds. The van der Waals surface area contributed by atoms with Crippen LogP contribution in [0, 0.1) is 11.6 Å². The van der Waals surface area contributed by atoms with E-state index in [0.29, 0.717) is 148 Å². The van der Waals surface area contributed by atoms with Gasteiger partial charge in [-0.1, -0.05) is 76.2 Å². The number of piperazine rings is 5. The lowest BCUT2D eigenvalue weighted by molar-refractivity contribution is 0.0535. The molecule has 8 aromatic carbocycles. The van der Waals surface area contributed by atoms with E-state index in [1.165, 1.54) is 48.5 Å². The van der Waals surface area contributed by atoms with Gasteiger partial charge in [0.2, 0.25) is 0 Å². The molecule has 124 heavy (non-hydrogen) atoms. The van der Waals surface area contributed by atoms with Gasteiger partial charge in [0.25, 0.3) is 23.6 Å². The molecule has 0 aromatic heterocycles. The maximum absolute atomic E-state index is 14.2. The van der Waals surface area contributed by atoms with Crippen LogP contribution in [0.3, 0.4) is 0 Å². The minimum Gasteiger partial charge on any atom is -0.369 e. The first-order chi connectivity index (χ1) is 59.6. The molecule has 5 aliphatic heterocycles. The fourth-order valence-electron chi connectivity index (χ4n) is 17.9. The van der Waals surface area contributed by atoms with Gasteiger partial charge in [0.05, 0.1) is 22.2 Å². The Morgan fingerprint density at radius 1 is 0.258 bits per heavy atom. The summed E-state index contributed by atoms with van der Waals surface area (Å²) in [5, 5.41) is 13.2. The molecule has 5 heterocycles. The lowest BCUT2D eigenvalue weighted by atomic mass is 9.80. The number of Topliss-reactive ketones (excluding diaryl/α,β-unsaturated/α-hetero) is 4. The predicted octanol–water partition coefficient (Wildman–Crippen LogP) is 11.4. The molecule has 0 saturated carbocycles. The Morgan fingerprint density at radius 3 is 0.613 bits per heavy atom. The highest BCUT2D eigenvalue weighted by Gasteiger charge is 2.44. The smallest absolute Gasteiger partial charge is 0.253 e. The van der Waals surface area contributed by atoms with Gasteiger partial charge in [-0.05, 0) is 276 Å². The molecular formula is C100H128F2N14O8. The summed E-state index contributed by atoms with van der Waals surface area (Å²) in [6.45, 7) is 23.5. The molecule has 0 spiro atoms. The average molecular weight is 1690 g/mol. The number of halogens is 2. The first-order valence-corrected chi connectivity index (χ1v) is 44.1. The number of carbonyl (C=O) groups excluding carboxylic acids is 8. The molecule has 5 aliphatic rings. The molecule has 13 rings (SSSR count). The first kappa shape index (κ1) is 94.1. The van der Waals surface area contributed by atoms with Crippen molar-refractivity contribution in [3.8, 4) is 0 Å². The lowest BCUT2D eigenvalue weighted by Gasteiger charge is -2.38. The van der Waals surface area contributed by atoms with Crippen LogP contribution in [0.5, 0.6) is 0 Å². The SMILES string of the molecule is C1CNCCN1.CCC(Cc1ccc(C(=O)N2CCN(C(=O)c3ccc(CC(CC)(C(=O)c4ccc(F)cc4)N(C)C)cc3)CC2)cc1)(C(=O)c1ccc(F)cc1)N(C)C.CCC(Cc1ccc(C(=O)N2CCN(C(=O)c3ccc(CC(CC)(C(=O)c4ccc(N5CCNCC5)cc4)N(C)C)cc3)CC2)cc1)(C(=O)c1ccc(N2CCNCC2)cc1)N(C)C. The predicted molar refractivity (Wildman–Crippen MR) is 490 cm³/mol. The third kappa shape index (κ3) is 22.2. The summed E-state index contributed by atoms with van der Waals surface area (Å²) < 4.78 is 27.1. The second-order valence-corrected chi connectivity index (χ2v) is 34.2. The van der Waals surface area contributed by atoms with E-state index in [1.54, 1.807) is 34.1 Å². The topological polar surface area (TPSA) is 217 Å². The van der Waals surface area contributed by atoms with Crippen LogP contribution >= 0.6 is 0 Å². The Bertz CT molecular complexity index is 4560. The summed E-state index contributed by atoms with van der Waals surface area (Å²) in [5.41, 5.74) is 7.43. The molecule has 4 unspecified atom stereocenters. The van der Waals surface area contributed by atoms with Gasteiger partial charge in [-0.15, -0.1) is 0 Å². The minimum absolute atomic E-state index is 0.0663. The number of likely N-dealkylation sites (N-methyl/N-ethyl adjacent to an activating group) is 4. The van der Waals surface area contributed by atoms with Crippen LogP contribution in [0.25, 0.3) is 0 Å². The molecule has 5 fully saturated rings. The van der Waals surface area contributed by atoms with Crippen molar-refractivity contribution in [3.63, 3.8) is 0 Å². The minimum atomic E-state index is -0.844. The monoisotopic (exact) mass is 1690 g/mol. The van der Waals surface area contributed by atoms with E-state index < -0.39 is 33.8 Å². The number of hydrogen-bond acceptors (Lipinski definition) is 18. The quantitative estimate of drug-likeness (QED) is 0.0308. The van der Waals surface area contributed by atoms with E-state index in [2.05, 4.69) is 69.2 Å². The molecule has 24 heteroatoms. The second kappa shape index (κ2) is 43.4. The van der Waals surface area contributed by atoms with Crippen molar-refractivity contribution in [1.29, 1.82) is 0 Å². The fraction of sp³-hybridized carbons (Fsp3) is 0.440. The summed E-state index contributed by atoms with van der Waals surface area (Å²) in [7, 11) is 15.3. The normalized spacial score (nSPS) is 17.1. The molecule has 4 atom stereocenters. The third-order valence-electron chi connectivity index (χ3n) is 26.3. The van der Waals surface area contributed by atoms with Gasteiger partial charge < -0.3 is 50.7 Å². The zero-order chi connectivity index (χ0) is 88.9. The van der Waals surface area contributed by atoms with Gasteiger partial charge in [0, 0.05) is 187 Å². The number of benzene rings is 8. The molecule has 0 bridgehead atoms. The van der Waals surface area contributed by atoms with Crippen LogP contribution in [-0.2, 0) is 25.7 Å². The Labute approximate surface area is 732 Å². The number of amides is 4. The molecule has 0 radical (unpaired) electrons. The average Bonchev–Trinajstić information content (AvgIpc) is 0.831. The molecule has 660 valence electrons. The van der Waals surface area contributed by atoms with Crippen molar-refractivity contribution >= 4 is 58.1 Å². The number of anilines is 2. The van der Waals surface area contributed by atoms with Gasteiger partial charge in [0.15, 0.2) is 23.1 Å². The Balaban J connectivity index is 0.000000228. The van der Waals surface area contributed by atoms with Crippen molar-refractivity contribution in [2.75, 3.05) is 197 Å². The summed E-state index contributed by atoms with van der Waals surface area (Å²) >= 11 is 0. The van der Waals surface area contributed by atoms with E-state index in [-0.39, 0.29) is 46.8 Å². The maximum atomic E-state index is 14.2. The van der Waals surface area contributed by atoms with E-state index in [0.717, 1.165) is 112 Å². The summed E-state index contributed by atoms with van der Waals surface area (Å²) in [6.07, 6.45) is 4.24. The van der Waals surface area contributed by atoms with E-state index in [4.69, 9.17) is 0 Å². The van der Waals surface area contributed by atoms with Crippen molar-refractivity contribution in [2.24, 2.45) is 0 Å². The molecule has 5 saturated heterocycles. The highest BCUT2D eigenvalue weighted by Crippen LogP contribution is 2.35. The standard InChI is InChI=1S/C52H68N8O4.C44H50F2N4O4.C4H10N2/c1-7-51(55(3)4,47(61)41-17-21-45(22-18-41)57-29-25-53-26-30-57)37-39-9-13-43(14-10-39)49(63)59-33-35-60(36-34-59)50(64)44-15-11-40(12-16-44)38-52(8-2,56(5)6)48(62)42-19-23-46(24-20-42)58-31-27-54-28-32-58;1-7-43(47(3)4,39(51)33-17-21-37(45)22-18-33)29-31-9-13-35(14-10-31)41(53)49-25-27-50(28-26-49)42(54)36-15-11-32(12-16-36)30-44(8-2,48(5)6)40(52)34-19-23-38(46)24-20-34;1-2-6-4-3-5-1/h9-24,53-54H,7-8,25-38H2,1-6H3;9-24H,7-8,25-30H2,1-6H3;5-6H,1-4H2. The van der Waals surface area contributed by atoms with E-state index in [1.807, 2.05) is 197 Å². The van der Waals surface area contributed by atoms with Gasteiger partial charge in [-0.3, -0.25) is 58.0 Å². The van der Waals surface area contributed by atoms with Crippen LogP contribution in [0.4, 0.5) is 20.2 Å². The van der Waals surface area contributed by atoms with Crippen molar-refractivity contribution in [2.45, 2.75) is 101 Å². The van der Waals surface area contributed by atoms with Crippen molar-refractivity contribution in [3.05, 3.63) is 273 Å². The number of carbonyl (C=O) groups is 8. The van der Waals surface area contributed by atoms with Crippen LogP contribution in [0.2, 0.25) is 0 Å². The zero-order valence-corrected chi connectivity index (χ0v) is 74.8. The first-order valence-electron chi connectivity index (χ1n) is 44.1. The zero-order valence-electron chi connectivity index (χ0n) is 74.8. The number of nitrogens with one attached hydrogen (secondary N) is 4. The van der Waals surface area contributed by atoms with Crippen LogP contribution in [-0.4, -0.2) is 295 Å². The van der Waals surface area contributed by atoms with Crippen LogP contribution in [0.1, 0.15) is 158 Å². The Kier molecular flexibility index (Phi) is 32.9. The number of ketones is 4. The summed E-state index contributed by atoms with van der Waals surface area (Å²) in [5.74, 6) is -1.15. The van der Waals surface area contributed by atoms with Gasteiger partial charge in [0.1, 0.15) is 11.6 Å². The van der Waals surface area contributed by atoms with E-state index in [9.17, 15) is 47.1 Å². The second-order valence-electron chi connectivity index (χ2n) is 34.2. The van der Waals surface area contributed by atoms with Crippen LogP contribution < -0.4 is 31.1 Å². The molecule has 0 aliphatic carbocycles. The summed E-state index contributed by atoms with van der Waals surface area (Å²) in [6, 6.07) is 57.3. The Hall–Kier alpha value is -10.5. The number of hydrogen-bond donors (Lipinski definition) is 4. The summed E-state index contributed by atoms with van der Waals surface area (Å²) in [4.78, 5) is 130. The van der Waals surface area contributed by atoms with Gasteiger partial charge in [-0.2, -0.15) is 0 Å². The third-order valence-corrected chi connectivity index (χ3v) is 26.3. The maximum Gasteiger partial charge on any atom is 0.253 e. The molecule has 8 aromatic rings. The van der Waals surface area contributed by atoms with Crippen LogP contribution in [0.15, 0.2) is 194 Å². The number of nitrogens with zero attached hydrogens (tertiary/aromatic N) is 10. The van der Waals surface area contributed by atoms with Crippen molar-refractivity contribution in [1.82, 2.24) is 60.5 Å². The Morgan fingerprint density at radius 2 is 0.435 bits per heavy atom. The molecule has 22 nitrogen and oxygen atoms in total. The number of rotatable bonds is 30. The largest absolute Gasteiger partial charge is 0.369 e. The molecular weight excluding hydrogens is 1560 g/mol.